The van der Waals surface area contributed by atoms with E-state index in [0.29, 0.717) is 0 Å². The third-order valence-corrected chi connectivity index (χ3v) is 18.0. The molecule has 3 aliphatic rings. The summed E-state index contributed by atoms with van der Waals surface area (Å²) in [5.74, 6) is 0.371. The van der Waals surface area contributed by atoms with Crippen LogP contribution < -0.4 is 20.7 Å². The Morgan fingerprint density at radius 2 is 0.754 bits per heavy atom. The molecule has 0 spiro atoms. The van der Waals surface area contributed by atoms with Crippen molar-refractivity contribution >= 4 is 28.8 Å². The van der Waals surface area contributed by atoms with Gasteiger partial charge in [0, 0.05) is 11.8 Å². The molecule has 2 unspecified atom stereocenters. The zero-order valence-electron chi connectivity index (χ0n) is 31.4. The third-order valence-electron chi connectivity index (χ3n) is 13.1. The molecule has 0 N–H and O–H groups in total. The molecule has 1 aliphatic heterocycles. The van der Waals surface area contributed by atoms with E-state index in [1.54, 1.807) is 0 Å². The van der Waals surface area contributed by atoms with Gasteiger partial charge in [0.25, 0.3) is 0 Å². The maximum atomic E-state index is 2.55. The first kappa shape index (κ1) is 32.4. The Balaban J connectivity index is 1.03. The van der Waals surface area contributed by atoms with E-state index in [2.05, 4.69) is 218 Å². The molecule has 0 saturated carbocycles. The molecule has 1 heteroatoms. The van der Waals surface area contributed by atoms with Gasteiger partial charge in [-0.2, -0.15) is 0 Å². The van der Waals surface area contributed by atoms with Crippen LogP contribution in [0.1, 0.15) is 45.2 Å². The maximum absolute atomic E-state index is 2.59. The molecule has 0 aromatic heterocycles. The molecule has 9 aromatic carbocycles. The van der Waals surface area contributed by atoms with Gasteiger partial charge in [-0.05, 0) is 98.6 Å². The number of benzene rings is 9. The summed E-state index contributed by atoms with van der Waals surface area (Å²) in [4.78, 5) is 0. The molecule has 2 aliphatic carbocycles. The summed E-state index contributed by atoms with van der Waals surface area (Å²) in [5.41, 5.74) is 19.1. The van der Waals surface area contributed by atoms with E-state index in [-0.39, 0.29) is 11.8 Å². The predicted octanol–water partition coefficient (Wildman–Crippen LogP) is 11.0. The summed E-state index contributed by atoms with van der Waals surface area (Å²) < 4.78 is 0. The maximum Gasteiger partial charge on any atom is 0.180 e. The zero-order valence-corrected chi connectivity index (χ0v) is 32.4. The van der Waals surface area contributed by atoms with Crippen LogP contribution in [0.5, 0.6) is 0 Å². The van der Waals surface area contributed by atoms with Crippen LogP contribution >= 0.6 is 0 Å². The fraction of sp³-hybridized carbons (Fsp3) is 0.0357. The zero-order chi connectivity index (χ0) is 37.5. The van der Waals surface area contributed by atoms with Crippen LogP contribution in [-0.4, -0.2) is 8.07 Å². The second-order valence-electron chi connectivity index (χ2n) is 15.9. The Hall–Kier alpha value is -6.80. The molecule has 266 valence electrons. The minimum atomic E-state index is -2.59. The van der Waals surface area contributed by atoms with Crippen LogP contribution in [0.2, 0.25) is 0 Å². The van der Waals surface area contributed by atoms with E-state index >= 15 is 0 Å². The highest BCUT2D eigenvalue weighted by molar-refractivity contribution is 7.22. The van der Waals surface area contributed by atoms with E-state index in [1.807, 2.05) is 0 Å². The molecule has 2 atom stereocenters. The van der Waals surface area contributed by atoms with E-state index in [0.717, 1.165) is 0 Å². The predicted molar refractivity (Wildman–Crippen MR) is 240 cm³/mol. The van der Waals surface area contributed by atoms with Gasteiger partial charge in [0.1, 0.15) is 0 Å². The SMILES string of the molecule is c1ccc(C2c3ccccc3-c3c2ccc2c3-c3ccccc3C2c2cccc(-c3ccc4c(c3)[Si](c3ccccc3)(c3ccccc3)c3ccccc3-4)c2)cc1. The van der Waals surface area contributed by atoms with Crippen LogP contribution in [0.25, 0.3) is 44.5 Å². The summed E-state index contributed by atoms with van der Waals surface area (Å²) in [6.07, 6.45) is 0. The highest BCUT2D eigenvalue weighted by Crippen LogP contribution is 2.58. The number of hydrogen-bond acceptors (Lipinski definition) is 0. The van der Waals surface area contributed by atoms with Crippen molar-refractivity contribution in [2.45, 2.75) is 11.8 Å². The lowest BCUT2D eigenvalue weighted by molar-refractivity contribution is 0.998. The lowest BCUT2D eigenvalue weighted by Crippen LogP contribution is -2.72. The van der Waals surface area contributed by atoms with Gasteiger partial charge in [0.05, 0.1) is 0 Å². The molecule has 12 rings (SSSR count). The fourth-order valence-electron chi connectivity index (χ4n) is 10.9. The number of fused-ring (bicyclic) bond motifs is 10. The van der Waals surface area contributed by atoms with Crippen molar-refractivity contribution in [1.29, 1.82) is 0 Å². The summed E-state index contributed by atoms with van der Waals surface area (Å²) in [6, 6.07) is 82.7. The molecule has 9 aromatic rings. The Labute approximate surface area is 335 Å². The van der Waals surface area contributed by atoms with Gasteiger partial charge in [-0.25, -0.2) is 0 Å². The van der Waals surface area contributed by atoms with Crippen molar-refractivity contribution in [2.24, 2.45) is 0 Å². The van der Waals surface area contributed by atoms with Gasteiger partial charge >= 0.3 is 0 Å². The second-order valence-corrected chi connectivity index (χ2v) is 19.6. The van der Waals surface area contributed by atoms with E-state index in [4.69, 9.17) is 0 Å². The molecule has 0 amide bonds. The Bertz CT molecular complexity index is 2980. The first-order valence-corrected chi connectivity index (χ1v) is 22.2. The van der Waals surface area contributed by atoms with Gasteiger partial charge in [-0.1, -0.05) is 218 Å². The lowest BCUT2D eigenvalue weighted by Gasteiger charge is -2.31. The number of hydrogen-bond donors (Lipinski definition) is 0. The van der Waals surface area contributed by atoms with Crippen LogP contribution in [-0.2, 0) is 0 Å². The van der Waals surface area contributed by atoms with Crippen LogP contribution in [0, 0.1) is 0 Å². The van der Waals surface area contributed by atoms with Crippen LogP contribution in [0.4, 0.5) is 0 Å². The lowest BCUT2D eigenvalue weighted by atomic mass is 9.85. The molecule has 0 radical (unpaired) electrons. The highest BCUT2D eigenvalue weighted by atomic mass is 28.3. The quantitative estimate of drug-likeness (QED) is 0.154. The van der Waals surface area contributed by atoms with Crippen LogP contribution in [0.15, 0.2) is 218 Å². The van der Waals surface area contributed by atoms with Crippen molar-refractivity contribution in [1.82, 2.24) is 0 Å². The van der Waals surface area contributed by atoms with Gasteiger partial charge in [0.2, 0.25) is 0 Å². The first-order chi connectivity index (χ1) is 28.3. The summed E-state index contributed by atoms with van der Waals surface area (Å²) in [7, 11) is -2.59. The average Bonchev–Trinajstić information content (AvgIpc) is 3.91. The van der Waals surface area contributed by atoms with E-state index in [9.17, 15) is 0 Å². The molecule has 0 fully saturated rings. The van der Waals surface area contributed by atoms with E-state index in [1.165, 1.54) is 98.6 Å². The number of rotatable bonds is 5. The monoisotopic (exact) mass is 738 g/mol. The van der Waals surface area contributed by atoms with E-state index < -0.39 is 8.07 Å². The topological polar surface area (TPSA) is 0 Å². The minimum absolute atomic E-state index is 0.144. The first-order valence-electron chi connectivity index (χ1n) is 20.2. The molecule has 0 nitrogen and oxygen atoms in total. The Kier molecular flexibility index (Phi) is 7.18. The van der Waals surface area contributed by atoms with Crippen molar-refractivity contribution in [3.63, 3.8) is 0 Å². The molecule has 1 heterocycles. The van der Waals surface area contributed by atoms with Crippen molar-refractivity contribution in [3.05, 3.63) is 252 Å². The molecular weight excluding hydrogens is 701 g/mol. The van der Waals surface area contributed by atoms with Gasteiger partial charge in [0.15, 0.2) is 8.07 Å². The fourth-order valence-corrected chi connectivity index (χ4v) is 16.1. The normalized spacial score (nSPS) is 16.2. The van der Waals surface area contributed by atoms with Gasteiger partial charge in [-0.15, -0.1) is 0 Å². The molecule has 57 heavy (non-hydrogen) atoms. The smallest absolute Gasteiger partial charge is 0.0623 e. The largest absolute Gasteiger partial charge is 0.180 e. The summed E-state index contributed by atoms with van der Waals surface area (Å²) in [6.45, 7) is 0. The molecule has 0 saturated heterocycles. The third kappa shape index (κ3) is 4.61. The van der Waals surface area contributed by atoms with Gasteiger partial charge < -0.3 is 0 Å². The summed E-state index contributed by atoms with van der Waals surface area (Å²) >= 11 is 0. The van der Waals surface area contributed by atoms with Gasteiger partial charge in [-0.3, -0.25) is 0 Å². The molecule has 0 bridgehead atoms. The minimum Gasteiger partial charge on any atom is -0.0623 e. The molecular formula is C56H38Si. The van der Waals surface area contributed by atoms with Crippen molar-refractivity contribution in [3.8, 4) is 44.5 Å². The standard InChI is InChI=1S/C56H38Si/c1-4-17-37(18-5-1)53-45-26-10-12-28-47(45)55-49(53)33-34-50-54(46-27-11-13-29-48(46)56(50)55)40-20-16-19-38(35-40)39-31-32-44-43-25-14-15-30-51(43)57(52(44)36-39,41-21-6-2-7-22-41)42-23-8-3-9-24-42/h1-36,53-54H. The Morgan fingerprint density at radius 1 is 0.281 bits per heavy atom. The Morgan fingerprint density at radius 3 is 1.39 bits per heavy atom. The second kappa shape index (κ2) is 12.6. The van der Waals surface area contributed by atoms with Crippen LogP contribution in [0.3, 0.4) is 0 Å². The van der Waals surface area contributed by atoms with Crippen molar-refractivity contribution in [2.75, 3.05) is 0 Å². The average molecular weight is 739 g/mol. The summed E-state index contributed by atoms with van der Waals surface area (Å²) in [5, 5.41) is 5.81. The van der Waals surface area contributed by atoms with Crippen molar-refractivity contribution < 1.29 is 0 Å². The highest BCUT2D eigenvalue weighted by Gasteiger charge is 2.48.